The zero-order chi connectivity index (χ0) is 11.7. The molecule has 3 nitrogen and oxygen atoms in total. The molecule has 0 bridgehead atoms. The van der Waals surface area contributed by atoms with Crippen molar-refractivity contribution < 1.29 is 9.59 Å². The number of hydrogen-bond acceptors (Lipinski definition) is 3. The van der Waals surface area contributed by atoms with Crippen molar-refractivity contribution in [1.29, 1.82) is 0 Å². The lowest BCUT2D eigenvalue weighted by Gasteiger charge is -2.28. The molecule has 1 saturated heterocycles. The third-order valence-electron chi connectivity index (χ3n) is 2.53. The number of aryl methyl sites for hydroxylation is 1. The van der Waals surface area contributed by atoms with Gasteiger partial charge in [-0.1, -0.05) is 12.1 Å². The lowest BCUT2D eigenvalue weighted by Crippen LogP contribution is -2.46. The Balaban J connectivity index is 2.37. The number of benzene rings is 1. The van der Waals surface area contributed by atoms with Crippen LogP contribution < -0.4 is 4.90 Å². The van der Waals surface area contributed by atoms with Crippen LogP contribution in [0.2, 0.25) is 0 Å². The molecular formula is C12H13NO2S. The smallest absolute Gasteiger partial charge is 0.246 e. The van der Waals surface area contributed by atoms with E-state index in [0.717, 1.165) is 5.56 Å². The van der Waals surface area contributed by atoms with Crippen LogP contribution in [0.1, 0.15) is 12.5 Å². The molecule has 0 radical (unpaired) electrons. The molecule has 1 aliphatic rings. The minimum absolute atomic E-state index is 0.119. The van der Waals surface area contributed by atoms with Crippen LogP contribution in [-0.4, -0.2) is 22.8 Å². The molecule has 2 amide bonds. The van der Waals surface area contributed by atoms with E-state index >= 15 is 0 Å². The van der Waals surface area contributed by atoms with Gasteiger partial charge in [0.1, 0.15) is 0 Å². The summed E-state index contributed by atoms with van der Waals surface area (Å²) in [4.78, 5) is 25.0. The number of amides is 2. The van der Waals surface area contributed by atoms with E-state index in [1.54, 1.807) is 6.07 Å². The van der Waals surface area contributed by atoms with Gasteiger partial charge in [0.05, 0.1) is 16.7 Å². The summed E-state index contributed by atoms with van der Waals surface area (Å²) in [6.07, 6.45) is 0. The SMILES string of the molecule is Cc1cccc(N2C(=O)CS[C@H](C)C2=O)c1. The van der Waals surface area contributed by atoms with Crippen LogP contribution in [0.15, 0.2) is 24.3 Å². The lowest BCUT2D eigenvalue weighted by molar-refractivity contribution is -0.125. The van der Waals surface area contributed by atoms with Gasteiger partial charge in [0.25, 0.3) is 0 Å². The molecule has 0 N–H and O–H groups in total. The van der Waals surface area contributed by atoms with Gasteiger partial charge in [-0.15, -0.1) is 11.8 Å². The first-order valence-corrected chi connectivity index (χ1v) is 6.19. The summed E-state index contributed by atoms with van der Waals surface area (Å²) in [5, 5.41) is -0.141. The van der Waals surface area contributed by atoms with Gasteiger partial charge in [0.2, 0.25) is 11.8 Å². The van der Waals surface area contributed by atoms with Gasteiger partial charge < -0.3 is 0 Å². The highest BCUT2D eigenvalue weighted by Crippen LogP contribution is 2.26. The molecule has 84 valence electrons. The Morgan fingerprint density at radius 2 is 2.12 bits per heavy atom. The molecule has 0 saturated carbocycles. The maximum Gasteiger partial charge on any atom is 0.246 e. The second-order valence-corrected chi connectivity index (χ2v) is 5.19. The molecular weight excluding hydrogens is 222 g/mol. The van der Waals surface area contributed by atoms with Crippen LogP contribution in [0.25, 0.3) is 0 Å². The Bertz CT molecular complexity index is 444. The van der Waals surface area contributed by atoms with Gasteiger partial charge in [0, 0.05) is 0 Å². The number of carbonyl (C=O) groups is 2. The molecule has 1 fully saturated rings. The maximum absolute atomic E-state index is 11.9. The zero-order valence-corrected chi connectivity index (χ0v) is 10.1. The average Bonchev–Trinajstić information content (AvgIpc) is 2.24. The fourth-order valence-electron chi connectivity index (χ4n) is 1.68. The highest BCUT2D eigenvalue weighted by molar-refractivity contribution is 8.01. The van der Waals surface area contributed by atoms with Crippen LogP contribution in [0.5, 0.6) is 0 Å². The highest BCUT2D eigenvalue weighted by Gasteiger charge is 2.33. The summed E-state index contributed by atoms with van der Waals surface area (Å²) in [6.45, 7) is 3.78. The summed E-state index contributed by atoms with van der Waals surface area (Å²) < 4.78 is 0. The van der Waals surface area contributed by atoms with E-state index in [-0.39, 0.29) is 17.1 Å². The van der Waals surface area contributed by atoms with E-state index in [0.29, 0.717) is 11.4 Å². The van der Waals surface area contributed by atoms with Crippen LogP contribution >= 0.6 is 11.8 Å². The minimum Gasteiger partial charge on any atom is -0.273 e. The average molecular weight is 235 g/mol. The molecule has 1 aromatic carbocycles. The molecule has 16 heavy (non-hydrogen) atoms. The third kappa shape index (κ3) is 1.97. The topological polar surface area (TPSA) is 37.4 Å². The Hall–Kier alpha value is -1.29. The van der Waals surface area contributed by atoms with Gasteiger partial charge in [-0.25, -0.2) is 4.90 Å². The first-order chi connectivity index (χ1) is 7.59. The molecule has 1 heterocycles. The fraction of sp³-hybridized carbons (Fsp3) is 0.333. The number of carbonyl (C=O) groups excluding carboxylic acids is 2. The minimum atomic E-state index is -0.141. The summed E-state index contributed by atoms with van der Waals surface area (Å²) >= 11 is 1.40. The summed E-state index contributed by atoms with van der Waals surface area (Å²) in [7, 11) is 0. The predicted octanol–water partition coefficient (Wildman–Crippen LogP) is 1.99. The first-order valence-electron chi connectivity index (χ1n) is 5.14. The van der Waals surface area contributed by atoms with Crippen LogP contribution in [-0.2, 0) is 9.59 Å². The highest BCUT2D eigenvalue weighted by atomic mass is 32.2. The van der Waals surface area contributed by atoms with Crippen molar-refractivity contribution in [3.63, 3.8) is 0 Å². The molecule has 1 aromatic rings. The second-order valence-electron chi connectivity index (χ2n) is 3.86. The van der Waals surface area contributed by atoms with Crippen molar-refractivity contribution in [2.45, 2.75) is 19.1 Å². The normalized spacial score (nSPS) is 21.4. The molecule has 0 aromatic heterocycles. The van der Waals surface area contributed by atoms with Crippen LogP contribution in [0, 0.1) is 6.92 Å². The number of hydrogen-bond donors (Lipinski definition) is 0. The molecule has 0 spiro atoms. The van der Waals surface area contributed by atoms with Crippen molar-refractivity contribution in [2.24, 2.45) is 0 Å². The largest absolute Gasteiger partial charge is 0.273 e. The number of imide groups is 1. The van der Waals surface area contributed by atoms with Gasteiger partial charge in [-0.3, -0.25) is 9.59 Å². The standard InChI is InChI=1S/C12H13NO2S/c1-8-4-3-5-10(6-8)13-11(14)7-16-9(2)12(13)15/h3-6,9H,7H2,1-2H3/t9-/m1/s1. The van der Waals surface area contributed by atoms with E-state index in [1.165, 1.54) is 16.7 Å². The molecule has 0 aliphatic carbocycles. The fourth-order valence-corrected chi connectivity index (χ4v) is 2.44. The quantitative estimate of drug-likeness (QED) is 0.699. The first kappa shape index (κ1) is 11.2. The summed E-state index contributed by atoms with van der Waals surface area (Å²) in [6, 6.07) is 7.46. The van der Waals surface area contributed by atoms with Gasteiger partial charge in [-0.05, 0) is 31.5 Å². The van der Waals surface area contributed by atoms with E-state index in [4.69, 9.17) is 0 Å². The van der Waals surface area contributed by atoms with Crippen LogP contribution in [0.3, 0.4) is 0 Å². The van der Waals surface area contributed by atoms with E-state index in [2.05, 4.69) is 0 Å². The summed E-state index contributed by atoms with van der Waals surface area (Å²) in [5.74, 6) is 0.131. The van der Waals surface area contributed by atoms with Crippen LogP contribution in [0.4, 0.5) is 5.69 Å². The molecule has 1 atom stereocenters. The van der Waals surface area contributed by atoms with E-state index in [9.17, 15) is 9.59 Å². The third-order valence-corrected chi connectivity index (χ3v) is 3.65. The lowest BCUT2D eigenvalue weighted by atomic mass is 10.2. The van der Waals surface area contributed by atoms with Gasteiger partial charge in [0.15, 0.2) is 0 Å². The number of anilines is 1. The van der Waals surface area contributed by atoms with Crippen molar-refractivity contribution in [1.82, 2.24) is 0 Å². The Morgan fingerprint density at radius 3 is 2.81 bits per heavy atom. The van der Waals surface area contributed by atoms with Crippen molar-refractivity contribution in [3.05, 3.63) is 29.8 Å². The maximum atomic E-state index is 11.9. The molecule has 2 rings (SSSR count). The van der Waals surface area contributed by atoms with Crippen molar-refractivity contribution in [3.8, 4) is 0 Å². The number of thioether (sulfide) groups is 1. The van der Waals surface area contributed by atoms with E-state index in [1.807, 2.05) is 32.0 Å². The predicted molar refractivity (Wildman–Crippen MR) is 65.6 cm³/mol. The number of rotatable bonds is 1. The zero-order valence-electron chi connectivity index (χ0n) is 9.27. The van der Waals surface area contributed by atoms with Crippen molar-refractivity contribution in [2.75, 3.05) is 10.7 Å². The van der Waals surface area contributed by atoms with Crippen molar-refractivity contribution >= 4 is 29.3 Å². The van der Waals surface area contributed by atoms with Gasteiger partial charge in [-0.2, -0.15) is 0 Å². The Kier molecular flexibility index (Phi) is 3.01. The molecule has 1 aliphatic heterocycles. The molecule has 4 heteroatoms. The monoisotopic (exact) mass is 235 g/mol. The number of nitrogens with zero attached hydrogens (tertiary/aromatic N) is 1. The summed E-state index contributed by atoms with van der Waals surface area (Å²) in [5.41, 5.74) is 1.73. The second kappa shape index (κ2) is 4.29. The Morgan fingerprint density at radius 1 is 1.38 bits per heavy atom. The van der Waals surface area contributed by atoms with E-state index < -0.39 is 0 Å². The van der Waals surface area contributed by atoms with Gasteiger partial charge >= 0.3 is 0 Å². The Labute approximate surface area is 98.8 Å². The molecule has 0 unspecified atom stereocenters.